The highest BCUT2D eigenvalue weighted by Gasteiger charge is 2.22. The Hall–Kier alpha value is -2.31. The number of amides is 2. The standard InChI is InChI=1S/C16H13Cl2N5O/c17-13-2-1-12(6-14(13)18)21-16(24)22-4-3-10-5-15-19-9-20-23(15)8-11(10)7-22/h1-2,5-6,8-9H,3-4,7H2,(H,21,24). The molecule has 24 heavy (non-hydrogen) atoms. The fourth-order valence-corrected chi connectivity index (χ4v) is 3.10. The van der Waals surface area contributed by atoms with Crippen LogP contribution in [-0.2, 0) is 13.0 Å². The summed E-state index contributed by atoms with van der Waals surface area (Å²) in [4.78, 5) is 18.4. The van der Waals surface area contributed by atoms with Crippen LogP contribution < -0.4 is 5.32 Å². The Labute approximate surface area is 148 Å². The number of rotatable bonds is 1. The van der Waals surface area contributed by atoms with Crippen molar-refractivity contribution < 1.29 is 4.79 Å². The van der Waals surface area contributed by atoms with Crippen LogP contribution in [0.4, 0.5) is 10.5 Å². The molecule has 1 aliphatic rings. The van der Waals surface area contributed by atoms with Crippen molar-refractivity contribution in [3.8, 4) is 0 Å². The largest absolute Gasteiger partial charge is 0.322 e. The van der Waals surface area contributed by atoms with Crippen LogP contribution in [0.25, 0.3) is 5.65 Å². The first kappa shape index (κ1) is 15.2. The Bertz CT molecular complexity index is 939. The number of halogens is 2. The molecule has 1 N–H and O–H groups in total. The fraction of sp³-hybridized carbons (Fsp3) is 0.188. The Kier molecular flexibility index (Phi) is 3.78. The summed E-state index contributed by atoms with van der Waals surface area (Å²) in [6.45, 7) is 1.17. The molecule has 0 fully saturated rings. The summed E-state index contributed by atoms with van der Waals surface area (Å²) in [5.74, 6) is 0. The maximum Gasteiger partial charge on any atom is 0.322 e. The molecule has 122 valence electrons. The third-order valence-electron chi connectivity index (χ3n) is 4.07. The van der Waals surface area contributed by atoms with Crippen molar-refractivity contribution in [1.82, 2.24) is 19.5 Å². The average molecular weight is 362 g/mol. The molecule has 0 bridgehead atoms. The molecule has 1 aliphatic heterocycles. The number of nitrogens with one attached hydrogen (secondary N) is 1. The number of benzene rings is 1. The maximum absolute atomic E-state index is 12.5. The molecule has 0 saturated heterocycles. The number of carbonyl (C=O) groups excluding carboxylic acids is 1. The number of hydrogen-bond donors (Lipinski definition) is 1. The Morgan fingerprint density at radius 3 is 2.88 bits per heavy atom. The number of urea groups is 1. The fourth-order valence-electron chi connectivity index (χ4n) is 2.81. The van der Waals surface area contributed by atoms with Crippen molar-refractivity contribution >= 4 is 40.6 Å². The minimum absolute atomic E-state index is 0.169. The second-order valence-electron chi connectivity index (χ2n) is 5.62. The van der Waals surface area contributed by atoms with Crippen molar-refractivity contribution in [2.75, 3.05) is 11.9 Å². The van der Waals surface area contributed by atoms with E-state index in [4.69, 9.17) is 23.2 Å². The maximum atomic E-state index is 12.5. The number of pyridine rings is 1. The first-order chi connectivity index (χ1) is 11.6. The van der Waals surface area contributed by atoms with Gasteiger partial charge in [0.25, 0.3) is 0 Å². The first-order valence-electron chi connectivity index (χ1n) is 7.42. The van der Waals surface area contributed by atoms with Gasteiger partial charge in [-0.1, -0.05) is 23.2 Å². The van der Waals surface area contributed by atoms with E-state index in [-0.39, 0.29) is 6.03 Å². The number of carbonyl (C=O) groups is 1. The summed E-state index contributed by atoms with van der Waals surface area (Å²) in [6.07, 6.45) is 4.24. The van der Waals surface area contributed by atoms with E-state index in [1.54, 1.807) is 27.6 Å². The van der Waals surface area contributed by atoms with Gasteiger partial charge in [0, 0.05) is 25.0 Å². The SMILES string of the molecule is O=C(Nc1ccc(Cl)c(Cl)c1)N1CCc2cc3ncnn3cc2C1. The quantitative estimate of drug-likeness (QED) is 0.719. The molecule has 0 radical (unpaired) electrons. The molecule has 0 spiro atoms. The van der Waals surface area contributed by atoms with Gasteiger partial charge in [-0.2, -0.15) is 5.10 Å². The van der Waals surface area contributed by atoms with E-state index >= 15 is 0 Å². The van der Waals surface area contributed by atoms with Gasteiger partial charge in [-0.15, -0.1) is 0 Å². The van der Waals surface area contributed by atoms with Gasteiger partial charge >= 0.3 is 6.03 Å². The van der Waals surface area contributed by atoms with E-state index < -0.39 is 0 Å². The minimum atomic E-state index is -0.169. The zero-order valence-corrected chi connectivity index (χ0v) is 14.1. The van der Waals surface area contributed by atoms with E-state index in [1.165, 1.54) is 11.9 Å². The van der Waals surface area contributed by atoms with Crippen LogP contribution in [0.1, 0.15) is 11.1 Å². The smallest absolute Gasteiger partial charge is 0.320 e. The second kappa shape index (κ2) is 5.96. The van der Waals surface area contributed by atoms with Gasteiger partial charge in [-0.25, -0.2) is 14.3 Å². The topological polar surface area (TPSA) is 62.5 Å². The molecule has 2 amide bonds. The van der Waals surface area contributed by atoms with Gasteiger partial charge in [-0.3, -0.25) is 0 Å². The van der Waals surface area contributed by atoms with Gasteiger partial charge in [0.1, 0.15) is 6.33 Å². The highest BCUT2D eigenvalue weighted by Crippen LogP contribution is 2.26. The summed E-state index contributed by atoms with van der Waals surface area (Å²) in [7, 11) is 0. The summed E-state index contributed by atoms with van der Waals surface area (Å²) >= 11 is 11.9. The van der Waals surface area contributed by atoms with E-state index in [0.717, 1.165) is 17.6 Å². The van der Waals surface area contributed by atoms with E-state index in [1.807, 2.05) is 12.3 Å². The van der Waals surface area contributed by atoms with Gasteiger partial charge in [0.15, 0.2) is 5.65 Å². The number of aromatic nitrogens is 3. The van der Waals surface area contributed by atoms with Crippen LogP contribution in [0.15, 0.2) is 36.8 Å². The first-order valence-corrected chi connectivity index (χ1v) is 8.18. The van der Waals surface area contributed by atoms with Crippen LogP contribution in [-0.4, -0.2) is 32.1 Å². The Morgan fingerprint density at radius 1 is 1.17 bits per heavy atom. The summed E-state index contributed by atoms with van der Waals surface area (Å²) in [5, 5.41) is 7.86. The second-order valence-corrected chi connectivity index (χ2v) is 6.43. The van der Waals surface area contributed by atoms with Crippen LogP contribution in [0, 0.1) is 0 Å². The lowest BCUT2D eigenvalue weighted by Crippen LogP contribution is -2.39. The lowest BCUT2D eigenvalue weighted by Gasteiger charge is -2.29. The third kappa shape index (κ3) is 2.79. The molecule has 4 rings (SSSR count). The average Bonchev–Trinajstić information content (AvgIpc) is 3.02. The molecule has 1 aromatic carbocycles. The van der Waals surface area contributed by atoms with Crippen LogP contribution in [0.5, 0.6) is 0 Å². The van der Waals surface area contributed by atoms with Crippen LogP contribution in [0.3, 0.4) is 0 Å². The molecule has 0 saturated carbocycles. The van der Waals surface area contributed by atoms with Gasteiger partial charge in [0.2, 0.25) is 0 Å². The molecule has 0 unspecified atom stereocenters. The Balaban J connectivity index is 1.52. The molecule has 6 nitrogen and oxygen atoms in total. The molecule has 2 aromatic heterocycles. The molecule has 8 heteroatoms. The van der Waals surface area contributed by atoms with Crippen molar-refractivity contribution in [1.29, 1.82) is 0 Å². The zero-order valence-electron chi connectivity index (χ0n) is 12.5. The van der Waals surface area contributed by atoms with Crippen molar-refractivity contribution in [3.63, 3.8) is 0 Å². The summed E-state index contributed by atoms with van der Waals surface area (Å²) < 4.78 is 1.72. The number of anilines is 1. The molecule has 3 aromatic rings. The van der Waals surface area contributed by atoms with E-state index in [0.29, 0.717) is 28.8 Å². The Morgan fingerprint density at radius 2 is 2.04 bits per heavy atom. The van der Waals surface area contributed by atoms with E-state index in [2.05, 4.69) is 15.4 Å². The van der Waals surface area contributed by atoms with Crippen LogP contribution >= 0.6 is 23.2 Å². The highest BCUT2D eigenvalue weighted by molar-refractivity contribution is 6.42. The van der Waals surface area contributed by atoms with Crippen molar-refractivity contribution in [3.05, 3.63) is 58.0 Å². The molecule has 0 atom stereocenters. The van der Waals surface area contributed by atoms with Gasteiger partial charge in [0.05, 0.1) is 10.0 Å². The number of hydrogen-bond acceptors (Lipinski definition) is 3. The number of nitrogens with zero attached hydrogens (tertiary/aromatic N) is 4. The van der Waals surface area contributed by atoms with Gasteiger partial charge in [-0.05, 0) is 41.8 Å². The van der Waals surface area contributed by atoms with Crippen molar-refractivity contribution in [2.45, 2.75) is 13.0 Å². The third-order valence-corrected chi connectivity index (χ3v) is 4.80. The zero-order chi connectivity index (χ0) is 16.7. The van der Waals surface area contributed by atoms with Crippen LogP contribution in [0.2, 0.25) is 10.0 Å². The van der Waals surface area contributed by atoms with Gasteiger partial charge < -0.3 is 10.2 Å². The monoisotopic (exact) mass is 361 g/mol. The summed E-state index contributed by atoms with van der Waals surface area (Å²) in [5.41, 5.74) is 3.71. The molecular formula is C16H13Cl2N5O. The normalized spacial score (nSPS) is 13.8. The lowest BCUT2D eigenvalue weighted by atomic mass is 10.0. The van der Waals surface area contributed by atoms with Crippen molar-refractivity contribution in [2.24, 2.45) is 0 Å². The molecular weight excluding hydrogens is 349 g/mol. The number of fused-ring (bicyclic) bond motifs is 2. The predicted molar refractivity (Wildman–Crippen MR) is 92.6 cm³/mol. The predicted octanol–water partition coefficient (Wildman–Crippen LogP) is 3.63. The highest BCUT2D eigenvalue weighted by atomic mass is 35.5. The lowest BCUT2D eigenvalue weighted by molar-refractivity contribution is 0.206. The summed E-state index contributed by atoms with van der Waals surface area (Å²) in [6, 6.07) is 6.88. The molecule has 0 aliphatic carbocycles. The minimum Gasteiger partial charge on any atom is -0.320 e. The van der Waals surface area contributed by atoms with E-state index in [9.17, 15) is 4.79 Å². The molecule has 3 heterocycles.